The summed E-state index contributed by atoms with van der Waals surface area (Å²) < 4.78 is 0. The maximum absolute atomic E-state index is 12.5. The summed E-state index contributed by atoms with van der Waals surface area (Å²) in [6, 6.07) is 12.9. The van der Waals surface area contributed by atoms with E-state index < -0.39 is 0 Å². The third-order valence-electron chi connectivity index (χ3n) is 3.96. The molecule has 1 saturated heterocycles. The second kappa shape index (κ2) is 6.89. The van der Waals surface area contributed by atoms with Crippen molar-refractivity contribution in [3.63, 3.8) is 0 Å². The molecule has 6 heteroatoms. The van der Waals surface area contributed by atoms with Crippen LogP contribution in [0.1, 0.15) is 23.6 Å². The Labute approximate surface area is 145 Å². The number of halogens is 2. The number of aryl methyl sites for hydroxylation is 1. The zero-order valence-corrected chi connectivity index (χ0v) is 14.1. The van der Waals surface area contributed by atoms with Crippen LogP contribution in [0.4, 0.5) is 5.69 Å². The highest BCUT2D eigenvalue weighted by Gasteiger charge is 2.30. The normalized spacial score (nSPS) is 20.5. The van der Waals surface area contributed by atoms with Crippen LogP contribution in [0, 0.1) is 6.92 Å². The maximum atomic E-state index is 12.5. The van der Waals surface area contributed by atoms with Gasteiger partial charge in [0.25, 0.3) is 0 Å². The minimum atomic E-state index is -0.327. The quantitative estimate of drug-likeness (QED) is 0.788. The second-order valence-electron chi connectivity index (χ2n) is 5.60. The van der Waals surface area contributed by atoms with Gasteiger partial charge in [0.1, 0.15) is 6.04 Å². The third-order valence-corrected chi connectivity index (χ3v) is 4.53. The molecule has 3 rings (SSSR count). The number of amides is 1. The number of anilines is 1. The van der Waals surface area contributed by atoms with Crippen LogP contribution in [0.5, 0.6) is 0 Å². The molecule has 0 aliphatic carbocycles. The lowest BCUT2D eigenvalue weighted by atomic mass is 10.0. The summed E-state index contributed by atoms with van der Waals surface area (Å²) in [5.74, 6) is -0.106. The van der Waals surface area contributed by atoms with Gasteiger partial charge in [0, 0.05) is 11.1 Å². The van der Waals surface area contributed by atoms with Gasteiger partial charge < -0.3 is 5.32 Å². The molecule has 1 aliphatic heterocycles. The number of hydrogen-bond acceptors (Lipinski definition) is 3. The molecule has 2 aromatic rings. The van der Waals surface area contributed by atoms with Crippen molar-refractivity contribution in [1.82, 2.24) is 10.9 Å². The average Bonchev–Trinajstić information content (AvgIpc) is 3.02. The highest BCUT2D eigenvalue weighted by atomic mass is 35.5. The van der Waals surface area contributed by atoms with Crippen molar-refractivity contribution in [3.8, 4) is 0 Å². The fourth-order valence-corrected chi connectivity index (χ4v) is 3.04. The van der Waals surface area contributed by atoms with Gasteiger partial charge in [0.15, 0.2) is 0 Å². The summed E-state index contributed by atoms with van der Waals surface area (Å²) in [6.07, 6.45) is 0.650. The van der Waals surface area contributed by atoms with Crippen molar-refractivity contribution in [2.75, 3.05) is 5.32 Å². The standard InChI is InChI=1S/C17H17Cl2N3O/c1-10-3-2-4-13(19)16(10)20-17(23)15-9-14(21-22-15)11-5-7-12(18)8-6-11/h2-8,14-15,21-22H,9H2,1H3,(H,20,23). The first-order chi connectivity index (χ1) is 11.0. The number of hydrogen-bond donors (Lipinski definition) is 3. The highest BCUT2D eigenvalue weighted by molar-refractivity contribution is 6.34. The lowest BCUT2D eigenvalue weighted by Crippen LogP contribution is -2.39. The summed E-state index contributed by atoms with van der Waals surface area (Å²) >= 11 is 12.1. The molecule has 2 atom stereocenters. The summed E-state index contributed by atoms with van der Waals surface area (Å²) in [4.78, 5) is 12.5. The van der Waals surface area contributed by atoms with Crippen LogP contribution in [-0.4, -0.2) is 11.9 Å². The monoisotopic (exact) mass is 349 g/mol. The number of rotatable bonds is 3. The van der Waals surface area contributed by atoms with Gasteiger partial charge in [-0.15, -0.1) is 0 Å². The SMILES string of the molecule is Cc1cccc(Cl)c1NC(=O)C1CC(c2ccc(Cl)cc2)NN1. The Bertz CT molecular complexity index is 698. The Morgan fingerprint density at radius 3 is 2.57 bits per heavy atom. The molecule has 1 fully saturated rings. The van der Waals surface area contributed by atoms with Crippen LogP contribution < -0.4 is 16.2 Å². The van der Waals surface area contributed by atoms with E-state index in [2.05, 4.69) is 16.2 Å². The molecule has 1 amide bonds. The summed E-state index contributed by atoms with van der Waals surface area (Å²) in [6.45, 7) is 1.92. The molecule has 0 radical (unpaired) electrons. The predicted molar refractivity (Wildman–Crippen MR) is 93.7 cm³/mol. The van der Waals surface area contributed by atoms with Gasteiger partial charge in [0.05, 0.1) is 10.7 Å². The Balaban J connectivity index is 1.67. The fourth-order valence-electron chi connectivity index (χ4n) is 2.64. The number of benzene rings is 2. The van der Waals surface area contributed by atoms with Crippen molar-refractivity contribution < 1.29 is 4.79 Å². The molecule has 0 saturated carbocycles. The summed E-state index contributed by atoms with van der Waals surface area (Å²) in [5.41, 5.74) is 8.88. The van der Waals surface area contributed by atoms with Gasteiger partial charge >= 0.3 is 0 Å². The smallest absolute Gasteiger partial charge is 0.242 e. The van der Waals surface area contributed by atoms with E-state index in [1.54, 1.807) is 6.07 Å². The molecule has 120 valence electrons. The first-order valence-corrected chi connectivity index (χ1v) is 8.12. The summed E-state index contributed by atoms with van der Waals surface area (Å²) in [5, 5.41) is 4.14. The number of nitrogens with one attached hydrogen (secondary N) is 3. The van der Waals surface area contributed by atoms with Crippen molar-refractivity contribution in [3.05, 3.63) is 63.6 Å². The van der Waals surface area contributed by atoms with Crippen LogP contribution in [-0.2, 0) is 4.79 Å². The van der Waals surface area contributed by atoms with E-state index >= 15 is 0 Å². The second-order valence-corrected chi connectivity index (χ2v) is 6.45. The van der Waals surface area contributed by atoms with E-state index in [-0.39, 0.29) is 18.0 Å². The number of carbonyl (C=O) groups excluding carboxylic acids is 1. The average molecular weight is 350 g/mol. The lowest BCUT2D eigenvalue weighted by molar-refractivity contribution is -0.117. The van der Waals surface area contributed by atoms with Gasteiger partial charge in [-0.1, -0.05) is 47.5 Å². The third kappa shape index (κ3) is 3.67. The van der Waals surface area contributed by atoms with Gasteiger partial charge in [-0.2, -0.15) is 0 Å². The van der Waals surface area contributed by atoms with E-state index in [4.69, 9.17) is 23.2 Å². The molecule has 0 aromatic heterocycles. The number of carbonyl (C=O) groups is 1. The van der Waals surface area contributed by atoms with Gasteiger partial charge in [-0.3, -0.25) is 4.79 Å². The van der Waals surface area contributed by atoms with E-state index in [9.17, 15) is 4.79 Å². The minimum Gasteiger partial charge on any atom is -0.323 e. The molecule has 1 aliphatic rings. The van der Waals surface area contributed by atoms with E-state index in [0.29, 0.717) is 22.2 Å². The molecular formula is C17H17Cl2N3O. The Hall–Kier alpha value is -1.59. The number of para-hydroxylation sites is 1. The lowest BCUT2D eigenvalue weighted by Gasteiger charge is -2.13. The first kappa shape index (κ1) is 16.3. The van der Waals surface area contributed by atoms with E-state index in [1.807, 2.05) is 43.3 Å². The predicted octanol–water partition coefficient (Wildman–Crippen LogP) is 3.85. The largest absolute Gasteiger partial charge is 0.323 e. The first-order valence-electron chi connectivity index (χ1n) is 7.37. The Morgan fingerprint density at radius 1 is 1.13 bits per heavy atom. The summed E-state index contributed by atoms with van der Waals surface area (Å²) in [7, 11) is 0. The molecule has 23 heavy (non-hydrogen) atoms. The minimum absolute atomic E-state index is 0.0651. The molecular weight excluding hydrogens is 333 g/mol. The fraction of sp³-hybridized carbons (Fsp3) is 0.235. The zero-order chi connectivity index (χ0) is 16.4. The molecule has 0 spiro atoms. The van der Waals surface area contributed by atoms with Gasteiger partial charge in [-0.25, -0.2) is 10.9 Å². The van der Waals surface area contributed by atoms with Crippen LogP contribution in [0.15, 0.2) is 42.5 Å². The van der Waals surface area contributed by atoms with Gasteiger partial charge in [0.2, 0.25) is 5.91 Å². The molecule has 0 bridgehead atoms. The molecule has 3 N–H and O–H groups in total. The van der Waals surface area contributed by atoms with Gasteiger partial charge in [-0.05, 0) is 42.7 Å². The van der Waals surface area contributed by atoms with E-state index in [0.717, 1.165) is 11.1 Å². The highest BCUT2D eigenvalue weighted by Crippen LogP contribution is 2.27. The van der Waals surface area contributed by atoms with Crippen molar-refractivity contribution in [2.24, 2.45) is 0 Å². The van der Waals surface area contributed by atoms with Crippen molar-refractivity contribution >= 4 is 34.8 Å². The van der Waals surface area contributed by atoms with Crippen LogP contribution in [0.3, 0.4) is 0 Å². The Kier molecular flexibility index (Phi) is 4.87. The van der Waals surface area contributed by atoms with Crippen LogP contribution in [0.25, 0.3) is 0 Å². The zero-order valence-electron chi connectivity index (χ0n) is 12.6. The molecule has 1 heterocycles. The van der Waals surface area contributed by atoms with Crippen molar-refractivity contribution in [1.29, 1.82) is 0 Å². The number of hydrazine groups is 1. The molecule has 2 unspecified atom stereocenters. The topological polar surface area (TPSA) is 53.2 Å². The van der Waals surface area contributed by atoms with E-state index in [1.165, 1.54) is 0 Å². The van der Waals surface area contributed by atoms with Crippen molar-refractivity contribution in [2.45, 2.75) is 25.4 Å². The maximum Gasteiger partial charge on any atom is 0.242 e. The van der Waals surface area contributed by atoms with Crippen LogP contribution in [0.2, 0.25) is 10.0 Å². The van der Waals surface area contributed by atoms with Crippen LogP contribution >= 0.6 is 23.2 Å². The molecule has 2 aromatic carbocycles. The molecule has 4 nitrogen and oxygen atoms in total. The Morgan fingerprint density at radius 2 is 1.87 bits per heavy atom.